The SMILES string of the molecule is C=C(CCCC)C(C)(F)F. The Balaban J connectivity index is 3.64. The molecule has 0 aliphatic heterocycles. The van der Waals surface area contributed by atoms with Crippen LogP contribution < -0.4 is 0 Å². The molecule has 0 heterocycles. The molecule has 0 atom stereocenters. The summed E-state index contributed by atoms with van der Waals surface area (Å²) in [6, 6.07) is 0. The zero-order valence-electron chi connectivity index (χ0n) is 6.58. The second-order valence-corrected chi connectivity index (χ2v) is 2.60. The number of hydrogen-bond donors (Lipinski definition) is 0. The van der Waals surface area contributed by atoms with Crippen molar-refractivity contribution in [3.05, 3.63) is 12.2 Å². The Hall–Kier alpha value is -0.400. The van der Waals surface area contributed by atoms with Gasteiger partial charge in [-0.1, -0.05) is 19.9 Å². The van der Waals surface area contributed by atoms with Gasteiger partial charge in [0.05, 0.1) is 0 Å². The van der Waals surface area contributed by atoms with E-state index in [2.05, 4.69) is 6.58 Å². The molecule has 0 N–H and O–H groups in total. The maximum atomic E-state index is 12.3. The van der Waals surface area contributed by atoms with Crippen LogP contribution in [0.15, 0.2) is 12.2 Å². The van der Waals surface area contributed by atoms with Crippen molar-refractivity contribution in [2.75, 3.05) is 0 Å². The van der Waals surface area contributed by atoms with Crippen LogP contribution in [-0.4, -0.2) is 5.92 Å². The highest BCUT2D eigenvalue weighted by Gasteiger charge is 2.24. The summed E-state index contributed by atoms with van der Waals surface area (Å²) >= 11 is 0. The molecule has 0 aromatic carbocycles. The molecule has 0 aliphatic carbocycles. The maximum Gasteiger partial charge on any atom is 0.266 e. The smallest absolute Gasteiger partial charge is 0.202 e. The molecule has 0 amide bonds. The fraction of sp³-hybridized carbons (Fsp3) is 0.750. The average Bonchev–Trinajstić information content (AvgIpc) is 1.80. The van der Waals surface area contributed by atoms with E-state index in [1.54, 1.807) is 0 Å². The van der Waals surface area contributed by atoms with Gasteiger partial charge in [0.2, 0.25) is 0 Å². The Morgan fingerprint density at radius 2 is 2.00 bits per heavy atom. The summed E-state index contributed by atoms with van der Waals surface area (Å²) < 4.78 is 24.7. The zero-order chi connectivity index (χ0) is 8.20. The van der Waals surface area contributed by atoms with Crippen molar-refractivity contribution in [1.82, 2.24) is 0 Å². The van der Waals surface area contributed by atoms with Crippen molar-refractivity contribution < 1.29 is 8.78 Å². The van der Waals surface area contributed by atoms with Crippen molar-refractivity contribution >= 4 is 0 Å². The summed E-state index contributed by atoms with van der Waals surface area (Å²) in [4.78, 5) is 0. The minimum absolute atomic E-state index is 0.0503. The molecule has 0 saturated carbocycles. The molecular formula is C8H14F2. The third kappa shape index (κ3) is 3.59. The number of halogens is 2. The fourth-order valence-electron chi connectivity index (χ4n) is 0.610. The lowest BCUT2D eigenvalue weighted by atomic mass is 10.1. The molecule has 0 bridgehead atoms. The lowest BCUT2D eigenvalue weighted by Gasteiger charge is -2.12. The standard InChI is InChI=1S/C8H14F2/c1-4-5-6-7(2)8(3,9)10/h2,4-6H2,1,3H3. The quantitative estimate of drug-likeness (QED) is 0.536. The third-order valence-electron chi connectivity index (χ3n) is 1.45. The van der Waals surface area contributed by atoms with E-state index in [1.165, 1.54) is 0 Å². The van der Waals surface area contributed by atoms with Gasteiger partial charge in [-0.3, -0.25) is 0 Å². The van der Waals surface area contributed by atoms with E-state index in [9.17, 15) is 8.78 Å². The first kappa shape index (κ1) is 9.60. The molecule has 0 nitrogen and oxygen atoms in total. The normalized spacial score (nSPS) is 11.6. The molecule has 0 radical (unpaired) electrons. The lowest BCUT2D eigenvalue weighted by Crippen LogP contribution is -2.12. The van der Waals surface area contributed by atoms with Crippen LogP contribution in [0.4, 0.5) is 8.78 Å². The Labute approximate surface area is 60.9 Å². The van der Waals surface area contributed by atoms with Crippen LogP contribution in [0.25, 0.3) is 0 Å². The van der Waals surface area contributed by atoms with E-state index in [4.69, 9.17) is 0 Å². The van der Waals surface area contributed by atoms with E-state index in [0.29, 0.717) is 6.42 Å². The van der Waals surface area contributed by atoms with Crippen LogP contribution in [0, 0.1) is 0 Å². The molecule has 0 aliphatic rings. The number of unbranched alkanes of at least 4 members (excludes halogenated alkanes) is 1. The van der Waals surface area contributed by atoms with E-state index >= 15 is 0 Å². The van der Waals surface area contributed by atoms with Crippen LogP contribution in [0.2, 0.25) is 0 Å². The predicted molar refractivity (Wildman–Crippen MR) is 39.3 cm³/mol. The number of allylic oxidation sites excluding steroid dienone is 1. The molecular weight excluding hydrogens is 134 g/mol. The number of hydrogen-bond acceptors (Lipinski definition) is 0. The van der Waals surface area contributed by atoms with E-state index in [0.717, 1.165) is 19.8 Å². The van der Waals surface area contributed by atoms with Gasteiger partial charge in [-0.2, -0.15) is 0 Å². The van der Waals surface area contributed by atoms with Gasteiger partial charge in [0.25, 0.3) is 5.92 Å². The highest BCUT2D eigenvalue weighted by atomic mass is 19.3. The highest BCUT2D eigenvalue weighted by molar-refractivity contribution is 5.04. The number of alkyl halides is 2. The van der Waals surface area contributed by atoms with E-state index in [-0.39, 0.29) is 5.57 Å². The molecule has 10 heavy (non-hydrogen) atoms. The Morgan fingerprint density at radius 3 is 2.30 bits per heavy atom. The molecule has 0 unspecified atom stereocenters. The molecule has 60 valence electrons. The second kappa shape index (κ2) is 3.69. The van der Waals surface area contributed by atoms with Crippen LogP contribution in [-0.2, 0) is 0 Å². The van der Waals surface area contributed by atoms with Crippen molar-refractivity contribution in [1.29, 1.82) is 0 Å². The minimum atomic E-state index is -2.69. The van der Waals surface area contributed by atoms with Gasteiger partial charge in [0.1, 0.15) is 0 Å². The highest BCUT2D eigenvalue weighted by Crippen LogP contribution is 2.25. The number of rotatable bonds is 4. The molecule has 2 heteroatoms. The Morgan fingerprint density at radius 1 is 1.50 bits per heavy atom. The fourth-order valence-corrected chi connectivity index (χ4v) is 0.610. The van der Waals surface area contributed by atoms with Crippen molar-refractivity contribution in [2.24, 2.45) is 0 Å². The second-order valence-electron chi connectivity index (χ2n) is 2.60. The minimum Gasteiger partial charge on any atom is -0.202 e. The van der Waals surface area contributed by atoms with Crippen LogP contribution >= 0.6 is 0 Å². The van der Waals surface area contributed by atoms with Gasteiger partial charge in [-0.05, 0) is 18.4 Å². The summed E-state index contributed by atoms with van der Waals surface area (Å²) in [5.41, 5.74) is 0.0503. The maximum absolute atomic E-state index is 12.3. The van der Waals surface area contributed by atoms with Gasteiger partial charge in [0.15, 0.2) is 0 Å². The van der Waals surface area contributed by atoms with Gasteiger partial charge < -0.3 is 0 Å². The average molecular weight is 148 g/mol. The molecule has 0 aromatic heterocycles. The van der Waals surface area contributed by atoms with Crippen LogP contribution in [0.1, 0.15) is 33.1 Å². The predicted octanol–water partition coefficient (Wildman–Crippen LogP) is 3.39. The monoisotopic (exact) mass is 148 g/mol. The van der Waals surface area contributed by atoms with Gasteiger partial charge in [-0.15, -0.1) is 0 Å². The molecule has 0 spiro atoms. The van der Waals surface area contributed by atoms with Crippen molar-refractivity contribution in [2.45, 2.75) is 39.0 Å². The largest absolute Gasteiger partial charge is 0.266 e. The zero-order valence-corrected chi connectivity index (χ0v) is 6.58. The van der Waals surface area contributed by atoms with Gasteiger partial charge >= 0.3 is 0 Å². The summed E-state index contributed by atoms with van der Waals surface area (Å²) in [6.07, 6.45) is 2.19. The third-order valence-corrected chi connectivity index (χ3v) is 1.45. The molecule has 0 fully saturated rings. The van der Waals surface area contributed by atoms with E-state index in [1.807, 2.05) is 6.92 Å². The molecule has 0 aromatic rings. The molecule has 0 rings (SSSR count). The Kier molecular flexibility index (Phi) is 3.54. The van der Waals surface area contributed by atoms with Crippen molar-refractivity contribution in [3.63, 3.8) is 0 Å². The summed E-state index contributed by atoms with van der Waals surface area (Å²) in [5.74, 6) is -2.69. The topological polar surface area (TPSA) is 0 Å². The first-order valence-electron chi connectivity index (χ1n) is 3.54. The van der Waals surface area contributed by atoms with Gasteiger partial charge in [-0.25, -0.2) is 8.78 Å². The first-order valence-corrected chi connectivity index (χ1v) is 3.54. The van der Waals surface area contributed by atoms with E-state index < -0.39 is 5.92 Å². The Bertz CT molecular complexity index is 111. The lowest BCUT2D eigenvalue weighted by molar-refractivity contribution is 0.0598. The summed E-state index contributed by atoms with van der Waals surface area (Å²) in [7, 11) is 0. The van der Waals surface area contributed by atoms with Crippen LogP contribution in [0.5, 0.6) is 0 Å². The summed E-state index contributed by atoms with van der Waals surface area (Å²) in [5, 5.41) is 0. The van der Waals surface area contributed by atoms with Crippen LogP contribution in [0.3, 0.4) is 0 Å². The van der Waals surface area contributed by atoms with Gasteiger partial charge in [0, 0.05) is 6.92 Å². The van der Waals surface area contributed by atoms with Crippen molar-refractivity contribution in [3.8, 4) is 0 Å². The summed E-state index contributed by atoms with van der Waals surface area (Å²) in [6.45, 7) is 6.18. The molecule has 0 saturated heterocycles. The first-order chi connectivity index (χ1) is 4.48.